The minimum atomic E-state index is -4.12. The van der Waals surface area contributed by atoms with Gasteiger partial charge in [-0.2, -0.15) is 8.42 Å². The second-order valence-electron chi connectivity index (χ2n) is 6.67. The van der Waals surface area contributed by atoms with E-state index < -0.39 is 16.1 Å². The van der Waals surface area contributed by atoms with E-state index in [2.05, 4.69) is 11.1 Å². The van der Waals surface area contributed by atoms with E-state index in [0.717, 1.165) is 25.7 Å². The molecule has 1 atom stereocenters. The zero-order valence-corrected chi connectivity index (χ0v) is 16.9. The number of hydrogen-bond acceptors (Lipinski definition) is 6. The molecule has 0 aliphatic heterocycles. The third-order valence-corrected chi connectivity index (χ3v) is 5.68. The number of Topliss-reactive ketones (excluding diaryl/α,β-unsaturated/α-hetero) is 1. The Morgan fingerprint density at radius 3 is 2.30 bits per heavy atom. The third-order valence-electron chi connectivity index (χ3n) is 4.43. The summed E-state index contributed by atoms with van der Waals surface area (Å²) < 4.78 is 28.7. The van der Waals surface area contributed by atoms with E-state index in [1.807, 2.05) is 0 Å². The smallest absolute Gasteiger partial charge is 0.341 e. The van der Waals surface area contributed by atoms with Crippen LogP contribution in [0.3, 0.4) is 0 Å². The highest BCUT2D eigenvalue weighted by molar-refractivity contribution is 7.87. The maximum atomic E-state index is 12.4. The molecule has 1 aromatic carbocycles. The number of hydrogen-bond donors (Lipinski definition) is 1. The van der Waals surface area contributed by atoms with Crippen LogP contribution in [0.2, 0.25) is 0 Å². The number of benzene rings is 1. The van der Waals surface area contributed by atoms with Gasteiger partial charge in [0.15, 0.2) is 0 Å². The van der Waals surface area contributed by atoms with Crippen molar-refractivity contribution in [2.75, 3.05) is 6.54 Å². The van der Waals surface area contributed by atoms with Crippen molar-refractivity contribution in [3.8, 4) is 0 Å². The lowest BCUT2D eigenvalue weighted by Crippen LogP contribution is -2.21. The molecule has 1 aromatic rings. The summed E-state index contributed by atoms with van der Waals surface area (Å²) in [5.41, 5.74) is 5.58. The Morgan fingerprint density at radius 2 is 1.67 bits per heavy atom. The van der Waals surface area contributed by atoms with E-state index in [4.69, 9.17) is 5.73 Å². The van der Waals surface area contributed by atoms with Crippen LogP contribution in [0.25, 0.3) is 0 Å². The van der Waals surface area contributed by atoms with Gasteiger partial charge in [-0.1, -0.05) is 50.8 Å². The van der Waals surface area contributed by atoms with Crippen molar-refractivity contribution >= 4 is 21.9 Å². The van der Waals surface area contributed by atoms with E-state index in [-0.39, 0.29) is 29.4 Å². The summed E-state index contributed by atoms with van der Waals surface area (Å²) >= 11 is 0. The number of ketones is 1. The fraction of sp³-hybridized carbons (Fsp3) is 0.600. The number of unbranched alkanes of at least 4 members (excludes halogenated alkanes) is 4. The average Bonchev–Trinajstić information content (AvgIpc) is 2.65. The summed E-state index contributed by atoms with van der Waals surface area (Å²) in [5.74, 6) is -1.08. The Kier molecular flexibility index (Phi) is 10.9. The van der Waals surface area contributed by atoms with Crippen molar-refractivity contribution < 1.29 is 22.2 Å². The Morgan fingerprint density at radius 1 is 1.00 bits per heavy atom. The Bertz CT molecular complexity index is 673. The molecule has 2 N–H and O–H groups in total. The molecule has 7 heteroatoms. The summed E-state index contributed by atoms with van der Waals surface area (Å²) in [6.07, 6.45) is 6.40. The van der Waals surface area contributed by atoms with Crippen LogP contribution in [-0.2, 0) is 23.9 Å². The van der Waals surface area contributed by atoms with Crippen molar-refractivity contribution in [2.45, 2.75) is 69.6 Å². The molecule has 0 aliphatic carbocycles. The molecule has 0 aliphatic rings. The van der Waals surface area contributed by atoms with Crippen molar-refractivity contribution in [1.82, 2.24) is 0 Å². The zero-order chi connectivity index (χ0) is 20.1. The van der Waals surface area contributed by atoms with Gasteiger partial charge in [0.25, 0.3) is 0 Å². The molecule has 0 heterocycles. The SMILES string of the molecule is CCCCCCCC(=O)C(CCN)CCC(=O)OS(=O)(=O)c1ccccc1. The van der Waals surface area contributed by atoms with Gasteiger partial charge in [0.2, 0.25) is 0 Å². The van der Waals surface area contributed by atoms with Crippen LogP contribution in [0.5, 0.6) is 0 Å². The van der Waals surface area contributed by atoms with Crippen molar-refractivity contribution in [3.63, 3.8) is 0 Å². The summed E-state index contributed by atoms with van der Waals surface area (Å²) in [6.45, 7) is 2.49. The van der Waals surface area contributed by atoms with Gasteiger partial charge in [-0.05, 0) is 37.9 Å². The predicted molar refractivity (Wildman–Crippen MR) is 104 cm³/mol. The summed E-state index contributed by atoms with van der Waals surface area (Å²) in [5, 5.41) is 0. The molecule has 1 unspecified atom stereocenters. The van der Waals surface area contributed by atoms with E-state index in [1.54, 1.807) is 18.2 Å². The lowest BCUT2D eigenvalue weighted by atomic mass is 9.91. The van der Waals surface area contributed by atoms with Crippen LogP contribution >= 0.6 is 0 Å². The Balaban J connectivity index is 2.48. The molecule has 0 bridgehead atoms. The fourth-order valence-electron chi connectivity index (χ4n) is 2.87. The molecule has 0 saturated heterocycles. The van der Waals surface area contributed by atoms with Crippen LogP contribution < -0.4 is 5.73 Å². The van der Waals surface area contributed by atoms with Gasteiger partial charge >= 0.3 is 16.1 Å². The molecule has 0 aromatic heterocycles. The normalized spacial score (nSPS) is 12.5. The maximum absolute atomic E-state index is 12.4. The molecule has 0 radical (unpaired) electrons. The quantitative estimate of drug-likeness (QED) is 0.380. The standard InChI is InChI=1S/C20H31NO5S/c1-2-3-4-5-9-12-19(22)17(15-16-21)13-14-20(23)26-27(24,25)18-10-7-6-8-11-18/h6-8,10-11,17H,2-5,9,12-16,21H2,1H3. The second-order valence-corrected chi connectivity index (χ2v) is 8.21. The van der Waals surface area contributed by atoms with Gasteiger partial charge in [-0.25, -0.2) is 0 Å². The van der Waals surface area contributed by atoms with Crippen molar-refractivity contribution in [3.05, 3.63) is 30.3 Å². The molecular formula is C20H31NO5S. The van der Waals surface area contributed by atoms with E-state index >= 15 is 0 Å². The van der Waals surface area contributed by atoms with Gasteiger partial charge in [-0.15, -0.1) is 0 Å². The molecule has 1 rings (SSSR count). The van der Waals surface area contributed by atoms with E-state index in [9.17, 15) is 18.0 Å². The minimum absolute atomic E-state index is 0.0694. The third kappa shape index (κ3) is 9.15. The number of rotatable bonds is 14. The number of carbonyl (C=O) groups is 2. The first-order chi connectivity index (χ1) is 12.9. The van der Waals surface area contributed by atoms with Gasteiger partial charge < -0.3 is 9.92 Å². The highest BCUT2D eigenvalue weighted by atomic mass is 32.2. The molecule has 6 nitrogen and oxygen atoms in total. The predicted octanol–water partition coefficient (Wildman–Crippen LogP) is 3.59. The summed E-state index contributed by atoms with van der Waals surface area (Å²) in [6, 6.07) is 7.50. The molecule has 0 spiro atoms. The lowest BCUT2D eigenvalue weighted by Gasteiger charge is -2.14. The molecule has 152 valence electrons. The first kappa shape index (κ1) is 23.3. The van der Waals surface area contributed by atoms with Gasteiger partial charge in [-0.3, -0.25) is 9.59 Å². The van der Waals surface area contributed by atoms with E-state index in [1.165, 1.54) is 18.6 Å². The van der Waals surface area contributed by atoms with Crippen molar-refractivity contribution in [1.29, 1.82) is 0 Å². The van der Waals surface area contributed by atoms with E-state index in [0.29, 0.717) is 19.4 Å². The fourth-order valence-corrected chi connectivity index (χ4v) is 3.78. The number of carbonyl (C=O) groups excluding carboxylic acids is 2. The highest BCUT2D eigenvalue weighted by Gasteiger charge is 2.23. The maximum Gasteiger partial charge on any atom is 0.341 e. The summed E-state index contributed by atoms with van der Waals surface area (Å²) in [4.78, 5) is 24.2. The average molecular weight is 398 g/mol. The molecule has 0 saturated carbocycles. The van der Waals surface area contributed by atoms with Gasteiger partial charge in [0.05, 0.1) is 0 Å². The lowest BCUT2D eigenvalue weighted by molar-refractivity contribution is -0.134. The van der Waals surface area contributed by atoms with Crippen molar-refractivity contribution in [2.24, 2.45) is 11.7 Å². The Hall–Kier alpha value is -1.73. The van der Waals surface area contributed by atoms with Crippen LogP contribution in [0.1, 0.15) is 64.7 Å². The molecular weight excluding hydrogens is 366 g/mol. The van der Waals surface area contributed by atoms with Crippen LogP contribution in [0.4, 0.5) is 0 Å². The van der Waals surface area contributed by atoms with Crippen LogP contribution in [-0.4, -0.2) is 26.7 Å². The molecule has 27 heavy (non-hydrogen) atoms. The van der Waals surface area contributed by atoms with Gasteiger partial charge in [0.1, 0.15) is 10.7 Å². The highest BCUT2D eigenvalue weighted by Crippen LogP contribution is 2.19. The van der Waals surface area contributed by atoms with Crippen LogP contribution in [0, 0.1) is 5.92 Å². The molecule has 0 amide bonds. The zero-order valence-electron chi connectivity index (χ0n) is 16.1. The number of nitrogens with two attached hydrogens (primary N) is 1. The largest absolute Gasteiger partial charge is 0.342 e. The molecule has 0 fully saturated rings. The minimum Gasteiger partial charge on any atom is -0.342 e. The topological polar surface area (TPSA) is 104 Å². The van der Waals surface area contributed by atoms with Gasteiger partial charge in [0, 0.05) is 18.8 Å². The summed E-state index contributed by atoms with van der Waals surface area (Å²) in [7, 11) is -4.12. The first-order valence-corrected chi connectivity index (χ1v) is 11.1. The first-order valence-electron chi connectivity index (χ1n) is 9.65. The Labute approximate surface area is 162 Å². The van der Waals surface area contributed by atoms with Crippen LogP contribution in [0.15, 0.2) is 35.2 Å². The second kappa shape index (κ2) is 12.6. The monoisotopic (exact) mass is 397 g/mol.